The molecule has 0 aliphatic heterocycles. The molecule has 0 bridgehead atoms. The molecule has 2 aromatic heterocycles. The first-order valence-electron chi connectivity index (χ1n) is 5.65. The fourth-order valence-corrected chi connectivity index (χ4v) is 3.31. The van der Waals surface area contributed by atoms with Crippen LogP contribution < -0.4 is 0 Å². The first kappa shape index (κ1) is 11.6. The van der Waals surface area contributed by atoms with Crippen molar-refractivity contribution in [2.45, 2.75) is 13.8 Å². The van der Waals surface area contributed by atoms with Crippen LogP contribution in [0.1, 0.15) is 10.4 Å². The van der Waals surface area contributed by atoms with Crippen molar-refractivity contribution in [1.82, 2.24) is 9.97 Å². The topological polar surface area (TPSA) is 25.8 Å². The third kappa shape index (κ3) is 1.80. The van der Waals surface area contributed by atoms with Gasteiger partial charge in [-0.15, -0.1) is 11.3 Å². The molecule has 3 aromatic rings. The summed E-state index contributed by atoms with van der Waals surface area (Å²) in [5.74, 6) is 0.689. The summed E-state index contributed by atoms with van der Waals surface area (Å²) in [4.78, 5) is 11.2. The number of aryl methyl sites for hydroxylation is 2. The number of halogens is 1. The van der Waals surface area contributed by atoms with Crippen LogP contribution in [0.15, 0.2) is 30.3 Å². The van der Waals surface area contributed by atoms with Gasteiger partial charge in [0.25, 0.3) is 0 Å². The Morgan fingerprint density at radius 3 is 2.50 bits per heavy atom. The molecule has 0 unspecified atom stereocenters. The molecule has 0 saturated heterocycles. The maximum Gasteiger partial charge on any atom is 0.162 e. The Kier molecular flexibility index (Phi) is 2.80. The van der Waals surface area contributed by atoms with Gasteiger partial charge in [-0.3, -0.25) is 0 Å². The fourth-order valence-electron chi connectivity index (χ4n) is 1.92. The predicted molar refractivity (Wildman–Crippen MR) is 77.3 cm³/mol. The molecular weight excluding hydrogens is 264 g/mol. The summed E-state index contributed by atoms with van der Waals surface area (Å²) in [6, 6.07) is 9.90. The molecule has 0 aliphatic rings. The standard InChI is InChI=1S/C14H11ClN2S/c1-8-9(2)18-14-11(8)12(15)16-13(17-14)10-6-4-3-5-7-10/h3-7H,1-2H3. The Balaban J connectivity index is 2.28. The van der Waals surface area contributed by atoms with Crippen LogP contribution in [-0.4, -0.2) is 9.97 Å². The molecule has 0 fully saturated rings. The van der Waals surface area contributed by atoms with Gasteiger partial charge < -0.3 is 0 Å². The number of rotatable bonds is 1. The lowest BCUT2D eigenvalue weighted by molar-refractivity contribution is 1.23. The Bertz CT molecular complexity index is 719. The summed E-state index contributed by atoms with van der Waals surface area (Å²) >= 11 is 7.95. The number of thiophene rings is 1. The number of hydrogen-bond acceptors (Lipinski definition) is 3. The second kappa shape index (κ2) is 4.34. The van der Waals surface area contributed by atoms with Crippen LogP contribution in [0.2, 0.25) is 5.15 Å². The molecule has 1 aromatic carbocycles. The van der Waals surface area contributed by atoms with Crippen molar-refractivity contribution in [3.8, 4) is 11.4 Å². The third-order valence-electron chi connectivity index (χ3n) is 3.02. The van der Waals surface area contributed by atoms with Crippen LogP contribution in [-0.2, 0) is 0 Å². The Morgan fingerprint density at radius 2 is 1.78 bits per heavy atom. The molecule has 0 radical (unpaired) electrons. The van der Waals surface area contributed by atoms with Crippen LogP contribution in [0.5, 0.6) is 0 Å². The van der Waals surface area contributed by atoms with E-state index in [1.54, 1.807) is 11.3 Å². The number of hydrogen-bond donors (Lipinski definition) is 0. The molecule has 90 valence electrons. The molecule has 0 saturated carbocycles. The number of fused-ring (bicyclic) bond motifs is 1. The zero-order chi connectivity index (χ0) is 12.7. The van der Waals surface area contributed by atoms with Gasteiger partial charge in [-0.2, -0.15) is 0 Å². The Hall–Kier alpha value is -1.45. The molecule has 0 amide bonds. The molecule has 0 aliphatic carbocycles. The van der Waals surface area contributed by atoms with E-state index in [0.717, 1.165) is 15.8 Å². The molecule has 0 N–H and O–H groups in total. The Morgan fingerprint density at radius 1 is 1.06 bits per heavy atom. The second-order valence-electron chi connectivity index (χ2n) is 4.17. The highest BCUT2D eigenvalue weighted by molar-refractivity contribution is 7.18. The number of nitrogens with zero attached hydrogens (tertiary/aromatic N) is 2. The van der Waals surface area contributed by atoms with Crippen molar-refractivity contribution in [3.05, 3.63) is 45.9 Å². The summed E-state index contributed by atoms with van der Waals surface area (Å²) < 4.78 is 0. The smallest absolute Gasteiger partial charge is 0.162 e. The Labute approximate surface area is 114 Å². The fraction of sp³-hybridized carbons (Fsp3) is 0.143. The minimum absolute atomic E-state index is 0.542. The SMILES string of the molecule is Cc1sc2nc(-c3ccccc3)nc(Cl)c2c1C. The van der Waals surface area contributed by atoms with Crippen LogP contribution in [0.3, 0.4) is 0 Å². The largest absolute Gasteiger partial charge is 0.217 e. The number of aromatic nitrogens is 2. The maximum absolute atomic E-state index is 6.29. The summed E-state index contributed by atoms with van der Waals surface area (Å²) in [5.41, 5.74) is 2.17. The minimum atomic E-state index is 0.542. The van der Waals surface area contributed by atoms with Gasteiger partial charge in [0.05, 0.1) is 5.39 Å². The number of benzene rings is 1. The van der Waals surface area contributed by atoms with E-state index < -0.39 is 0 Å². The van der Waals surface area contributed by atoms with Crippen molar-refractivity contribution < 1.29 is 0 Å². The van der Waals surface area contributed by atoms with E-state index in [-0.39, 0.29) is 0 Å². The lowest BCUT2D eigenvalue weighted by atomic mass is 10.2. The van der Waals surface area contributed by atoms with Gasteiger partial charge >= 0.3 is 0 Å². The van der Waals surface area contributed by atoms with E-state index in [0.29, 0.717) is 11.0 Å². The van der Waals surface area contributed by atoms with Crippen molar-refractivity contribution in [2.24, 2.45) is 0 Å². The van der Waals surface area contributed by atoms with E-state index >= 15 is 0 Å². The van der Waals surface area contributed by atoms with Gasteiger partial charge in [0.1, 0.15) is 9.98 Å². The van der Waals surface area contributed by atoms with Crippen molar-refractivity contribution in [2.75, 3.05) is 0 Å². The van der Waals surface area contributed by atoms with E-state index in [1.165, 1.54) is 10.4 Å². The van der Waals surface area contributed by atoms with E-state index in [1.807, 2.05) is 30.3 Å². The van der Waals surface area contributed by atoms with E-state index in [4.69, 9.17) is 11.6 Å². The maximum atomic E-state index is 6.29. The first-order valence-corrected chi connectivity index (χ1v) is 6.85. The lowest BCUT2D eigenvalue weighted by Gasteiger charge is -2.02. The summed E-state index contributed by atoms with van der Waals surface area (Å²) in [7, 11) is 0. The summed E-state index contributed by atoms with van der Waals surface area (Å²) in [5, 5.41) is 1.53. The van der Waals surface area contributed by atoms with Crippen LogP contribution in [0.25, 0.3) is 21.6 Å². The first-order chi connectivity index (χ1) is 8.66. The predicted octanol–water partition coefficient (Wildman–Crippen LogP) is 4.63. The van der Waals surface area contributed by atoms with E-state index in [2.05, 4.69) is 23.8 Å². The normalized spacial score (nSPS) is 11.1. The molecule has 3 rings (SSSR count). The van der Waals surface area contributed by atoms with Gasteiger partial charge in [0.2, 0.25) is 0 Å². The summed E-state index contributed by atoms with van der Waals surface area (Å²) in [6.45, 7) is 4.14. The minimum Gasteiger partial charge on any atom is -0.217 e. The van der Waals surface area contributed by atoms with Gasteiger partial charge in [-0.1, -0.05) is 41.9 Å². The van der Waals surface area contributed by atoms with Gasteiger partial charge in [0, 0.05) is 10.4 Å². The van der Waals surface area contributed by atoms with Gasteiger partial charge in [-0.25, -0.2) is 9.97 Å². The highest BCUT2D eigenvalue weighted by Crippen LogP contribution is 2.34. The molecule has 18 heavy (non-hydrogen) atoms. The summed E-state index contributed by atoms with van der Waals surface area (Å²) in [6.07, 6.45) is 0. The highest BCUT2D eigenvalue weighted by atomic mass is 35.5. The molecule has 2 heterocycles. The van der Waals surface area contributed by atoms with Gasteiger partial charge in [0.15, 0.2) is 5.82 Å². The zero-order valence-electron chi connectivity index (χ0n) is 10.1. The third-order valence-corrected chi connectivity index (χ3v) is 4.39. The van der Waals surface area contributed by atoms with Crippen molar-refractivity contribution >= 4 is 33.2 Å². The highest BCUT2D eigenvalue weighted by Gasteiger charge is 2.13. The monoisotopic (exact) mass is 274 g/mol. The van der Waals surface area contributed by atoms with Crippen molar-refractivity contribution in [1.29, 1.82) is 0 Å². The van der Waals surface area contributed by atoms with Crippen molar-refractivity contribution in [3.63, 3.8) is 0 Å². The molecular formula is C14H11ClN2S. The van der Waals surface area contributed by atoms with E-state index in [9.17, 15) is 0 Å². The second-order valence-corrected chi connectivity index (χ2v) is 5.73. The van der Waals surface area contributed by atoms with Crippen LogP contribution in [0.4, 0.5) is 0 Å². The average molecular weight is 275 g/mol. The zero-order valence-corrected chi connectivity index (χ0v) is 11.6. The van der Waals surface area contributed by atoms with Gasteiger partial charge in [-0.05, 0) is 19.4 Å². The molecule has 0 atom stereocenters. The van der Waals surface area contributed by atoms with Crippen LogP contribution in [0, 0.1) is 13.8 Å². The molecule has 0 spiro atoms. The molecule has 4 heteroatoms. The lowest BCUT2D eigenvalue weighted by Crippen LogP contribution is -1.90. The van der Waals surface area contributed by atoms with Crippen LogP contribution >= 0.6 is 22.9 Å². The average Bonchev–Trinajstić information content (AvgIpc) is 2.66. The quantitative estimate of drug-likeness (QED) is 0.605. The molecule has 2 nitrogen and oxygen atoms in total.